The Bertz CT molecular complexity index is 1020. The smallest absolute Gasteiger partial charge is 0.252 e. The molecule has 9 heteroatoms. The zero-order valence-electron chi connectivity index (χ0n) is 17.1. The van der Waals surface area contributed by atoms with Gasteiger partial charge in [0.15, 0.2) is 17.3 Å². The first-order chi connectivity index (χ1) is 14.6. The second-order valence-corrected chi connectivity index (χ2v) is 7.87. The number of fused-ring (bicyclic) bond motifs is 1. The maximum atomic E-state index is 13.1. The molecule has 1 amide bonds. The van der Waals surface area contributed by atoms with Crippen molar-refractivity contribution >= 4 is 17.2 Å². The molecular formula is C21H23N3O5S. The van der Waals surface area contributed by atoms with Crippen molar-refractivity contribution in [2.45, 2.75) is 26.0 Å². The number of methoxy groups -OCH3 is 2. The van der Waals surface area contributed by atoms with Gasteiger partial charge in [-0.15, -0.1) is 11.3 Å². The van der Waals surface area contributed by atoms with Gasteiger partial charge in [-0.25, -0.2) is 0 Å². The molecule has 8 nitrogen and oxygen atoms in total. The van der Waals surface area contributed by atoms with Crippen molar-refractivity contribution < 1.29 is 23.5 Å². The van der Waals surface area contributed by atoms with Crippen molar-refractivity contribution in [1.82, 2.24) is 15.0 Å². The summed E-state index contributed by atoms with van der Waals surface area (Å²) in [4.78, 5) is 20.1. The van der Waals surface area contributed by atoms with E-state index < -0.39 is 0 Å². The number of aryl methyl sites for hydroxylation is 1. The van der Waals surface area contributed by atoms with E-state index >= 15 is 0 Å². The molecule has 3 aromatic rings. The minimum absolute atomic E-state index is 0.0636. The Morgan fingerprint density at radius 1 is 1.30 bits per heavy atom. The van der Waals surface area contributed by atoms with Gasteiger partial charge >= 0.3 is 0 Å². The topological polar surface area (TPSA) is 86.9 Å². The van der Waals surface area contributed by atoms with Gasteiger partial charge in [0.25, 0.3) is 5.89 Å². The number of amides is 1. The number of carbonyl (C=O) groups is 1. The van der Waals surface area contributed by atoms with Gasteiger partial charge in [-0.1, -0.05) is 11.2 Å². The molecule has 158 valence electrons. The van der Waals surface area contributed by atoms with E-state index in [2.05, 4.69) is 10.1 Å². The molecular weight excluding hydrogens is 406 g/mol. The molecule has 1 aliphatic rings. The number of nitrogens with zero attached hydrogens (tertiary/aromatic N) is 3. The molecule has 4 rings (SSSR count). The molecule has 1 aliphatic heterocycles. The highest BCUT2D eigenvalue weighted by molar-refractivity contribution is 7.10. The van der Waals surface area contributed by atoms with Gasteiger partial charge in [-0.2, -0.15) is 4.98 Å². The summed E-state index contributed by atoms with van der Waals surface area (Å²) in [5.74, 6) is 2.14. The number of benzene rings is 1. The highest BCUT2D eigenvalue weighted by Crippen LogP contribution is 2.42. The molecule has 2 aromatic heterocycles. The van der Waals surface area contributed by atoms with Gasteiger partial charge < -0.3 is 23.6 Å². The minimum atomic E-state index is -0.199. The molecule has 1 atom stereocenters. The van der Waals surface area contributed by atoms with Crippen LogP contribution in [-0.2, 0) is 22.6 Å². The second kappa shape index (κ2) is 8.85. The number of rotatable bonds is 7. The van der Waals surface area contributed by atoms with E-state index in [1.54, 1.807) is 32.5 Å². The third-order valence-electron chi connectivity index (χ3n) is 5.03. The zero-order chi connectivity index (χ0) is 21.1. The maximum absolute atomic E-state index is 13.1. The number of hydrogen-bond acceptors (Lipinski definition) is 8. The van der Waals surface area contributed by atoms with Gasteiger partial charge in [0.1, 0.15) is 13.2 Å². The van der Waals surface area contributed by atoms with Gasteiger partial charge in [0.2, 0.25) is 5.91 Å². The Balaban J connectivity index is 1.58. The van der Waals surface area contributed by atoms with Crippen LogP contribution in [0.25, 0.3) is 0 Å². The predicted molar refractivity (Wildman–Crippen MR) is 110 cm³/mol. The summed E-state index contributed by atoms with van der Waals surface area (Å²) in [6, 6.07) is 7.82. The SMILES string of the molecule is COc1cc2c(cc1OC)[C@H](c1cccs1)N(C(=O)COCc1nc(C)no1)CC2. The first-order valence-corrected chi connectivity index (χ1v) is 10.4. The van der Waals surface area contributed by atoms with Crippen molar-refractivity contribution in [3.05, 3.63) is 57.4 Å². The summed E-state index contributed by atoms with van der Waals surface area (Å²) in [6.07, 6.45) is 0.728. The molecule has 0 bridgehead atoms. The lowest BCUT2D eigenvalue weighted by atomic mass is 9.90. The van der Waals surface area contributed by atoms with Crippen LogP contribution >= 0.6 is 11.3 Å². The third-order valence-corrected chi connectivity index (χ3v) is 5.95. The molecule has 0 radical (unpaired) electrons. The molecule has 30 heavy (non-hydrogen) atoms. The van der Waals surface area contributed by atoms with Gasteiger partial charge in [-0.05, 0) is 48.1 Å². The largest absolute Gasteiger partial charge is 0.493 e. The van der Waals surface area contributed by atoms with E-state index in [4.69, 9.17) is 18.7 Å². The Hall–Kier alpha value is -2.91. The molecule has 3 heterocycles. The Kier molecular flexibility index (Phi) is 6.01. The van der Waals surface area contributed by atoms with Crippen LogP contribution in [0.5, 0.6) is 11.5 Å². The van der Waals surface area contributed by atoms with E-state index in [9.17, 15) is 4.79 Å². The summed E-state index contributed by atoms with van der Waals surface area (Å²) in [7, 11) is 3.24. The summed E-state index contributed by atoms with van der Waals surface area (Å²) in [5, 5.41) is 5.74. The Morgan fingerprint density at radius 2 is 2.10 bits per heavy atom. The normalized spacial score (nSPS) is 15.7. The van der Waals surface area contributed by atoms with Crippen LogP contribution in [-0.4, -0.2) is 48.3 Å². The van der Waals surface area contributed by atoms with Crippen LogP contribution in [0.4, 0.5) is 0 Å². The average molecular weight is 429 g/mol. The van der Waals surface area contributed by atoms with E-state index in [-0.39, 0.29) is 25.2 Å². The molecule has 1 aromatic carbocycles. The number of aromatic nitrogens is 2. The number of hydrogen-bond donors (Lipinski definition) is 0. The summed E-state index contributed by atoms with van der Waals surface area (Å²) in [6.45, 7) is 2.36. The zero-order valence-corrected chi connectivity index (χ0v) is 17.9. The molecule has 0 spiro atoms. The van der Waals surface area contributed by atoms with Gasteiger partial charge in [0.05, 0.1) is 20.3 Å². The summed E-state index contributed by atoms with van der Waals surface area (Å²) in [5.41, 5.74) is 2.19. The van der Waals surface area contributed by atoms with Crippen LogP contribution in [0.3, 0.4) is 0 Å². The van der Waals surface area contributed by atoms with Crippen LogP contribution in [0.1, 0.15) is 33.8 Å². The van der Waals surface area contributed by atoms with Crippen LogP contribution in [0.15, 0.2) is 34.2 Å². The first-order valence-electron chi connectivity index (χ1n) is 9.55. The quantitative estimate of drug-likeness (QED) is 0.570. The fraction of sp³-hybridized carbons (Fsp3) is 0.381. The van der Waals surface area contributed by atoms with Gasteiger partial charge in [-0.3, -0.25) is 4.79 Å². The molecule has 0 fully saturated rings. The van der Waals surface area contributed by atoms with Crippen molar-refractivity contribution in [2.24, 2.45) is 0 Å². The first kappa shape index (κ1) is 20.4. The fourth-order valence-corrected chi connectivity index (χ4v) is 4.53. The lowest BCUT2D eigenvalue weighted by molar-refractivity contribution is -0.138. The number of ether oxygens (including phenoxy) is 3. The van der Waals surface area contributed by atoms with E-state index in [1.165, 1.54) is 0 Å². The predicted octanol–water partition coefficient (Wildman–Crippen LogP) is 3.15. The van der Waals surface area contributed by atoms with Crippen molar-refractivity contribution in [2.75, 3.05) is 27.4 Å². The van der Waals surface area contributed by atoms with Crippen LogP contribution in [0.2, 0.25) is 0 Å². The maximum Gasteiger partial charge on any atom is 0.252 e. The van der Waals surface area contributed by atoms with Gasteiger partial charge in [0, 0.05) is 11.4 Å². The van der Waals surface area contributed by atoms with E-state index in [0.29, 0.717) is 29.8 Å². The Labute approximate surface area is 178 Å². The highest BCUT2D eigenvalue weighted by atomic mass is 32.1. The third kappa shape index (κ3) is 4.03. The molecule has 0 saturated heterocycles. The van der Waals surface area contributed by atoms with E-state index in [0.717, 1.165) is 22.4 Å². The lowest BCUT2D eigenvalue weighted by Gasteiger charge is -2.37. The molecule has 0 N–H and O–H groups in total. The highest BCUT2D eigenvalue weighted by Gasteiger charge is 2.34. The minimum Gasteiger partial charge on any atom is -0.493 e. The summed E-state index contributed by atoms with van der Waals surface area (Å²) >= 11 is 1.62. The molecule has 0 saturated carbocycles. The number of carbonyl (C=O) groups excluding carboxylic acids is 1. The monoisotopic (exact) mass is 429 g/mol. The standard InChI is InChI=1S/C21H23N3O5S/c1-13-22-19(29-23-13)11-28-12-20(25)24-7-6-14-9-16(26-2)17(27-3)10-15(14)21(24)18-5-4-8-30-18/h4-5,8-10,21H,6-7,11-12H2,1-3H3/t21-/m1/s1. The van der Waals surface area contributed by atoms with E-state index in [1.807, 2.05) is 34.5 Å². The average Bonchev–Trinajstić information content (AvgIpc) is 3.43. The Morgan fingerprint density at radius 3 is 2.77 bits per heavy atom. The number of thiophene rings is 1. The molecule has 0 unspecified atom stereocenters. The fourth-order valence-electron chi connectivity index (χ4n) is 3.68. The van der Waals surface area contributed by atoms with Crippen LogP contribution in [0, 0.1) is 6.92 Å². The van der Waals surface area contributed by atoms with Crippen molar-refractivity contribution in [3.63, 3.8) is 0 Å². The molecule has 0 aliphatic carbocycles. The lowest BCUT2D eigenvalue weighted by Crippen LogP contribution is -2.42. The van der Waals surface area contributed by atoms with Crippen molar-refractivity contribution in [3.8, 4) is 11.5 Å². The van der Waals surface area contributed by atoms with Crippen LogP contribution < -0.4 is 9.47 Å². The van der Waals surface area contributed by atoms with Crippen molar-refractivity contribution in [1.29, 1.82) is 0 Å². The summed E-state index contributed by atoms with van der Waals surface area (Å²) < 4.78 is 21.5. The second-order valence-electron chi connectivity index (χ2n) is 6.89.